The second-order valence-electron chi connectivity index (χ2n) is 3.12. The number of nitrogens with one attached hydrogen (secondary N) is 1. The molecule has 1 heterocycles. The Kier molecular flexibility index (Phi) is 4.72. The molecule has 1 atom stereocenters. The number of hydrogen-bond acceptors (Lipinski definition) is 5. The molecule has 0 saturated carbocycles. The van der Waals surface area contributed by atoms with E-state index in [4.69, 9.17) is 10.9 Å². The number of hydrazine groups is 1. The van der Waals surface area contributed by atoms with Crippen LogP contribution in [0.5, 0.6) is 0 Å². The van der Waals surface area contributed by atoms with Crippen LogP contribution in [0.3, 0.4) is 0 Å². The van der Waals surface area contributed by atoms with Gasteiger partial charge in [-0.3, -0.25) is 0 Å². The quantitative estimate of drug-likeness (QED) is 0.388. The summed E-state index contributed by atoms with van der Waals surface area (Å²) in [4.78, 5) is 5.11. The smallest absolute Gasteiger partial charge is 0.140 e. The highest BCUT2D eigenvalue weighted by molar-refractivity contribution is 7.99. The van der Waals surface area contributed by atoms with Crippen LogP contribution >= 0.6 is 11.8 Å². The SMILES string of the molecule is CC(CO)CSc1ccnc(NN)c1. The number of hydrogen-bond donors (Lipinski definition) is 3. The van der Waals surface area contributed by atoms with Crippen LogP contribution in [0.25, 0.3) is 0 Å². The molecule has 0 spiro atoms. The number of nitrogens with zero attached hydrogens (tertiary/aromatic N) is 1. The van der Waals surface area contributed by atoms with Gasteiger partial charge in [0.1, 0.15) is 5.82 Å². The van der Waals surface area contributed by atoms with Crippen molar-refractivity contribution in [1.29, 1.82) is 0 Å². The Morgan fingerprint density at radius 1 is 1.71 bits per heavy atom. The predicted octanol–water partition coefficient (Wildman–Crippen LogP) is 1.09. The molecule has 5 heteroatoms. The Hall–Kier alpha value is -0.780. The van der Waals surface area contributed by atoms with Gasteiger partial charge >= 0.3 is 0 Å². The van der Waals surface area contributed by atoms with E-state index in [0.717, 1.165) is 10.6 Å². The predicted molar refractivity (Wildman–Crippen MR) is 59.0 cm³/mol. The minimum Gasteiger partial charge on any atom is -0.396 e. The fourth-order valence-corrected chi connectivity index (χ4v) is 1.81. The topological polar surface area (TPSA) is 71.2 Å². The fraction of sp³-hybridized carbons (Fsp3) is 0.444. The molecule has 1 aromatic rings. The molecule has 0 aliphatic heterocycles. The number of pyridine rings is 1. The highest BCUT2D eigenvalue weighted by atomic mass is 32.2. The second-order valence-corrected chi connectivity index (χ2v) is 4.21. The van der Waals surface area contributed by atoms with Crippen LogP contribution in [0, 0.1) is 5.92 Å². The van der Waals surface area contributed by atoms with Gasteiger partial charge in [0.25, 0.3) is 0 Å². The molecular weight excluding hydrogens is 198 g/mol. The van der Waals surface area contributed by atoms with Crippen molar-refractivity contribution in [2.24, 2.45) is 11.8 Å². The Morgan fingerprint density at radius 2 is 2.50 bits per heavy atom. The first-order valence-electron chi connectivity index (χ1n) is 4.42. The van der Waals surface area contributed by atoms with Crippen LogP contribution in [-0.2, 0) is 0 Å². The summed E-state index contributed by atoms with van der Waals surface area (Å²) in [5.41, 5.74) is 2.50. The minimum absolute atomic E-state index is 0.222. The van der Waals surface area contributed by atoms with E-state index in [-0.39, 0.29) is 6.61 Å². The van der Waals surface area contributed by atoms with Crippen LogP contribution in [0.4, 0.5) is 5.82 Å². The van der Waals surface area contributed by atoms with E-state index in [1.54, 1.807) is 18.0 Å². The number of nitrogens with two attached hydrogens (primary N) is 1. The molecule has 0 saturated heterocycles. The Balaban J connectivity index is 2.50. The highest BCUT2D eigenvalue weighted by Crippen LogP contribution is 2.21. The average Bonchev–Trinajstić information content (AvgIpc) is 2.26. The van der Waals surface area contributed by atoms with Gasteiger partial charge in [-0.15, -0.1) is 11.8 Å². The molecule has 0 fully saturated rings. The summed E-state index contributed by atoms with van der Waals surface area (Å²) in [5, 5.41) is 8.86. The van der Waals surface area contributed by atoms with E-state index in [0.29, 0.717) is 11.7 Å². The van der Waals surface area contributed by atoms with Crippen molar-refractivity contribution in [2.75, 3.05) is 17.8 Å². The summed E-state index contributed by atoms with van der Waals surface area (Å²) in [6.45, 7) is 2.23. The monoisotopic (exact) mass is 213 g/mol. The molecule has 1 aromatic heterocycles. The van der Waals surface area contributed by atoms with E-state index >= 15 is 0 Å². The normalized spacial score (nSPS) is 12.5. The highest BCUT2D eigenvalue weighted by Gasteiger charge is 2.02. The molecule has 1 unspecified atom stereocenters. The van der Waals surface area contributed by atoms with Gasteiger partial charge < -0.3 is 10.5 Å². The first kappa shape index (κ1) is 11.3. The van der Waals surface area contributed by atoms with Crippen molar-refractivity contribution < 1.29 is 5.11 Å². The molecule has 0 aromatic carbocycles. The number of aliphatic hydroxyl groups excluding tert-OH is 1. The molecule has 0 bridgehead atoms. The molecule has 78 valence electrons. The standard InChI is InChI=1S/C9H15N3OS/c1-7(5-13)6-14-8-2-3-11-9(4-8)12-10/h2-4,7,13H,5-6,10H2,1H3,(H,11,12). The molecule has 14 heavy (non-hydrogen) atoms. The second kappa shape index (κ2) is 5.85. The van der Waals surface area contributed by atoms with Crippen LogP contribution in [0.1, 0.15) is 6.92 Å². The largest absolute Gasteiger partial charge is 0.396 e. The van der Waals surface area contributed by atoms with Crippen molar-refractivity contribution in [3.05, 3.63) is 18.3 Å². The van der Waals surface area contributed by atoms with E-state index in [1.165, 1.54) is 0 Å². The van der Waals surface area contributed by atoms with Gasteiger partial charge in [-0.05, 0) is 18.1 Å². The zero-order chi connectivity index (χ0) is 10.4. The van der Waals surface area contributed by atoms with Crippen molar-refractivity contribution in [3.8, 4) is 0 Å². The lowest BCUT2D eigenvalue weighted by atomic mass is 10.2. The van der Waals surface area contributed by atoms with Crippen LogP contribution < -0.4 is 11.3 Å². The molecular formula is C9H15N3OS. The Labute approximate surface area is 87.9 Å². The third kappa shape index (κ3) is 3.53. The molecule has 1 rings (SSSR count). The lowest BCUT2D eigenvalue weighted by Gasteiger charge is -2.07. The summed E-state index contributed by atoms with van der Waals surface area (Å²) >= 11 is 1.69. The molecule has 0 aliphatic carbocycles. The molecule has 0 amide bonds. The number of thioether (sulfide) groups is 1. The first-order valence-corrected chi connectivity index (χ1v) is 5.41. The molecule has 0 aliphatic rings. The van der Waals surface area contributed by atoms with E-state index in [1.807, 2.05) is 19.1 Å². The van der Waals surface area contributed by atoms with E-state index in [9.17, 15) is 0 Å². The summed E-state index contributed by atoms with van der Waals surface area (Å²) in [7, 11) is 0. The maximum atomic E-state index is 8.86. The summed E-state index contributed by atoms with van der Waals surface area (Å²) < 4.78 is 0. The Bertz CT molecular complexity index is 283. The molecule has 4 nitrogen and oxygen atoms in total. The summed E-state index contributed by atoms with van der Waals surface area (Å²) in [6.07, 6.45) is 1.71. The third-order valence-electron chi connectivity index (χ3n) is 1.73. The maximum absolute atomic E-state index is 8.86. The van der Waals surface area contributed by atoms with Crippen molar-refractivity contribution in [2.45, 2.75) is 11.8 Å². The zero-order valence-corrected chi connectivity index (χ0v) is 8.92. The van der Waals surface area contributed by atoms with Gasteiger partial charge in [0.15, 0.2) is 0 Å². The van der Waals surface area contributed by atoms with Crippen LogP contribution in [-0.4, -0.2) is 22.5 Å². The zero-order valence-electron chi connectivity index (χ0n) is 8.10. The van der Waals surface area contributed by atoms with Gasteiger partial charge in [-0.25, -0.2) is 10.8 Å². The van der Waals surface area contributed by atoms with Crippen molar-refractivity contribution in [1.82, 2.24) is 4.98 Å². The number of aliphatic hydroxyl groups is 1. The lowest BCUT2D eigenvalue weighted by molar-refractivity contribution is 0.250. The number of anilines is 1. The summed E-state index contributed by atoms with van der Waals surface area (Å²) in [5.74, 6) is 7.10. The van der Waals surface area contributed by atoms with Crippen LogP contribution in [0.15, 0.2) is 23.2 Å². The number of nitrogen functional groups attached to an aromatic ring is 1. The fourth-order valence-electron chi connectivity index (χ4n) is 0.871. The molecule has 4 N–H and O–H groups in total. The van der Waals surface area contributed by atoms with E-state index in [2.05, 4.69) is 10.4 Å². The van der Waals surface area contributed by atoms with Crippen molar-refractivity contribution in [3.63, 3.8) is 0 Å². The van der Waals surface area contributed by atoms with Gasteiger partial charge in [-0.2, -0.15) is 0 Å². The van der Waals surface area contributed by atoms with Gasteiger partial charge in [-0.1, -0.05) is 6.92 Å². The average molecular weight is 213 g/mol. The number of aromatic nitrogens is 1. The van der Waals surface area contributed by atoms with Crippen LogP contribution in [0.2, 0.25) is 0 Å². The van der Waals surface area contributed by atoms with E-state index < -0.39 is 0 Å². The van der Waals surface area contributed by atoms with Crippen molar-refractivity contribution >= 4 is 17.6 Å². The molecule has 0 radical (unpaired) electrons. The minimum atomic E-state index is 0.222. The van der Waals surface area contributed by atoms with Gasteiger partial charge in [0.05, 0.1) is 0 Å². The first-order chi connectivity index (χ1) is 6.76. The van der Waals surface area contributed by atoms with Gasteiger partial charge in [0, 0.05) is 23.5 Å². The third-order valence-corrected chi connectivity index (χ3v) is 3.05. The maximum Gasteiger partial charge on any atom is 0.140 e. The number of rotatable bonds is 5. The summed E-state index contributed by atoms with van der Waals surface area (Å²) in [6, 6.07) is 3.81. The van der Waals surface area contributed by atoms with Gasteiger partial charge in [0.2, 0.25) is 0 Å². The lowest BCUT2D eigenvalue weighted by Crippen LogP contribution is -2.08. The Morgan fingerprint density at radius 3 is 3.14 bits per heavy atom.